The molecule has 0 fully saturated rings. The second-order valence-corrected chi connectivity index (χ2v) is 18.6. The Labute approximate surface area is 312 Å². The van der Waals surface area contributed by atoms with E-state index in [1.54, 1.807) is 0 Å². The van der Waals surface area contributed by atoms with Gasteiger partial charge in [0.25, 0.3) is 0 Å². The molecular formula is C50H30OSSi. The third-order valence-corrected chi connectivity index (χ3v) is 17.1. The van der Waals surface area contributed by atoms with Gasteiger partial charge in [0, 0.05) is 42.1 Å². The van der Waals surface area contributed by atoms with Gasteiger partial charge in [-0.25, -0.2) is 0 Å². The van der Waals surface area contributed by atoms with Gasteiger partial charge in [0.2, 0.25) is 0 Å². The highest BCUT2D eigenvalue weighted by molar-refractivity contribution is 7.26. The SMILES string of the molecule is C1#Cc2ccc(-c3cccc4oc5ccccc5c34)cc2[Si](c2ccccc2)(c2ccccc2)c2cc(-c3cccc4c3sc3ccccc34)ccc21. The number of furan rings is 1. The third-order valence-electron chi connectivity index (χ3n) is 11.0. The minimum atomic E-state index is -3.00. The van der Waals surface area contributed by atoms with Crippen molar-refractivity contribution in [2.75, 3.05) is 0 Å². The number of para-hydroxylation sites is 1. The molecule has 246 valence electrons. The lowest BCUT2D eigenvalue weighted by Gasteiger charge is -2.36. The normalized spacial score (nSPS) is 13.1. The zero-order chi connectivity index (χ0) is 34.9. The lowest BCUT2D eigenvalue weighted by Crippen LogP contribution is -2.75. The molecule has 1 nitrogen and oxygen atoms in total. The maximum absolute atomic E-state index is 6.37. The van der Waals surface area contributed by atoms with Gasteiger partial charge < -0.3 is 4.42 Å². The van der Waals surface area contributed by atoms with Gasteiger partial charge >= 0.3 is 0 Å². The number of thiophene rings is 1. The third kappa shape index (κ3) is 4.50. The monoisotopic (exact) mass is 706 g/mol. The number of hydrogen-bond acceptors (Lipinski definition) is 2. The van der Waals surface area contributed by atoms with Gasteiger partial charge in [-0.15, -0.1) is 11.3 Å². The summed E-state index contributed by atoms with van der Waals surface area (Å²) < 4.78 is 9.00. The van der Waals surface area contributed by atoms with E-state index in [1.807, 2.05) is 17.4 Å². The van der Waals surface area contributed by atoms with Crippen molar-refractivity contribution in [3.05, 3.63) is 193 Å². The zero-order valence-corrected chi connectivity index (χ0v) is 30.5. The van der Waals surface area contributed by atoms with Gasteiger partial charge in [-0.05, 0) is 73.3 Å². The second kappa shape index (κ2) is 11.8. The van der Waals surface area contributed by atoms with Crippen molar-refractivity contribution in [3.8, 4) is 34.1 Å². The van der Waals surface area contributed by atoms with E-state index in [0.29, 0.717) is 0 Å². The Morgan fingerprint density at radius 2 is 0.981 bits per heavy atom. The van der Waals surface area contributed by atoms with Crippen molar-refractivity contribution in [2.45, 2.75) is 0 Å². The first kappa shape index (κ1) is 30.2. The van der Waals surface area contributed by atoms with Crippen LogP contribution in [-0.2, 0) is 0 Å². The van der Waals surface area contributed by atoms with Crippen LogP contribution in [0.1, 0.15) is 11.1 Å². The number of rotatable bonds is 4. The number of fused-ring (bicyclic) bond motifs is 8. The summed E-state index contributed by atoms with van der Waals surface area (Å²) in [4.78, 5) is 0. The Hall–Kier alpha value is -6.44. The van der Waals surface area contributed by atoms with E-state index in [1.165, 1.54) is 63.2 Å². The quantitative estimate of drug-likeness (QED) is 0.131. The molecule has 0 unspecified atom stereocenters. The summed E-state index contributed by atoms with van der Waals surface area (Å²) in [6.07, 6.45) is 0. The standard InChI is InChI=1S/C50H30OSSi/c1-3-13-37(14-4-1)53(38-15-5-2-6-16-38)47-31-35(39-19-12-23-45-49(39)43-18-7-9-22-44(43)51-45)29-27-33(47)25-26-34-28-30-36(32-48(34)53)40-20-11-21-42-41-17-8-10-24-46(41)52-50(40)42/h1-24,27-32H. The molecule has 0 atom stereocenters. The fraction of sp³-hybridized carbons (Fsp3) is 0. The van der Waals surface area contributed by atoms with E-state index in [0.717, 1.165) is 33.1 Å². The zero-order valence-electron chi connectivity index (χ0n) is 28.6. The summed E-state index contributed by atoms with van der Waals surface area (Å²) in [5, 5.41) is 10.2. The topological polar surface area (TPSA) is 13.1 Å². The lowest BCUT2D eigenvalue weighted by molar-refractivity contribution is 0.669. The van der Waals surface area contributed by atoms with Crippen LogP contribution in [0.3, 0.4) is 0 Å². The summed E-state index contributed by atoms with van der Waals surface area (Å²) in [7, 11) is -3.00. The van der Waals surface area contributed by atoms with Crippen molar-refractivity contribution < 1.29 is 4.42 Å². The Morgan fingerprint density at radius 3 is 1.70 bits per heavy atom. The van der Waals surface area contributed by atoms with E-state index < -0.39 is 8.07 Å². The molecule has 0 N–H and O–H groups in total. The van der Waals surface area contributed by atoms with E-state index in [4.69, 9.17) is 4.42 Å². The molecule has 0 saturated carbocycles. The Balaban J connectivity index is 1.23. The van der Waals surface area contributed by atoms with Gasteiger partial charge in [0.15, 0.2) is 8.07 Å². The highest BCUT2D eigenvalue weighted by Gasteiger charge is 2.45. The molecule has 0 amide bonds. The van der Waals surface area contributed by atoms with Crippen molar-refractivity contribution in [1.29, 1.82) is 0 Å². The summed E-state index contributed by atoms with van der Waals surface area (Å²) in [6, 6.07) is 66.8. The van der Waals surface area contributed by atoms with E-state index in [-0.39, 0.29) is 0 Å². The van der Waals surface area contributed by atoms with E-state index in [9.17, 15) is 0 Å². The van der Waals surface area contributed by atoms with Crippen LogP contribution in [0.25, 0.3) is 64.4 Å². The smallest absolute Gasteiger partial charge is 0.182 e. The maximum Gasteiger partial charge on any atom is 0.182 e. The molecule has 3 heterocycles. The first-order chi connectivity index (χ1) is 26.3. The molecule has 3 heteroatoms. The molecule has 53 heavy (non-hydrogen) atoms. The summed E-state index contributed by atoms with van der Waals surface area (Å²) in [6.45, 7) is 0. The predicted octanol–water partition coefficient (Wildman–Crippen LogP) is 10.4. The molecule has 0 spiro atoms. The fourth-order valence-electron chi connectivity index (χ4n) is 8.70. The Kier molecular flexibility index (Phi) is 6.72. The molecule has 0 bridgehead atoms. The highest BCUT2D eigenvalue weighted by atomic mass is 32.1. The Morgan fingerprint density at radius 1 is 0.434 bits per heavy atom. The number of benzene rings is 8. The van der Waals surface area contributed by atoms with Gasteiger partial charge in [-0.3, -0.25) is 0 Å². The molecule has 1 aliphatic heterocycles. The van der Waals surface area contributed by atoms with Crippen LogP contribution in [0.2, 0.25) is 0 Å². The van der Waals surface area contributed by atoms with Crippen LogP contribution in [-0.4, -0.2) is 8.07 Å². The fourth-order valence-corrected chi connectivity index (χ4v) is 15.0. The van der Waals surface area contributed by atoms with Crippen LogP contribution in [0.5, 0.6) is 0 Å². The van der Waals surface area contributed by atoms with Crippen LogP contribution in [0, 0.1) is 11.8 Å². The van der Waals surface area contributed by atoms with E-state index in [2.05, 4.69) is 188 Å². The summed E-state index contributed by atoms with van der Waals surface area (Å²) in [5.74, 6) is 7.39. The lowest BCUT2D eigenvalue weighted by atomic mass is 9.98. The Bertz CT molecular complexity index is 3080. The first-order valence-electron chi connectivity index (χ1n) is 18.0. The van der Waals surface area contributed by atoms with Crippen LogP contribution in [0.15, 0.2) is 186 Å². The average Bonchev–Trinajstić information content (AvgIpc) is 3.76. The molecule has 2 aromatic heterocycles. The summed E-state index contributed by atoms with van der Waals surface area (Å²) >= 11 is 1.88. The molecule has 0 aliphatic carbocycles. The number of hydrogen-bond donors (Lipinski definition) is 0. The first-order valence-corrected chi connectivity index (χ1v) is 20.8. The van der Waals surface area contributed by atoms with E-state index >= 15 is 0 Å². The molecular weight excluding hydrogens is 677 g/mol. The molecule has 1 aliphatic rings. The average molecular weight is 707 g/mol. The minimum absolute atomic E-state index is 0.901. The maximum atomic E-state index is 6.37. The molecule has 11 rings (SSSR count). The van der Waals surface area contributed by atoms with Gasteiger partial charge in [-0.1, -0.05) is 164 Å². The van der Waals surface area contributed by atoms with Gasteiger partial charge in [-0.2, -0.15) is 0 Å². The van der Waals surface area contributed by atoms with Crippen LogP contribution >= 0.6 is 11.3 Å². The van der Waals surface area contributed by atoms with Crippen LogP contribution < -0.4 is 20.7 Å². The van der Waals surface area contributed by atoms with Crippen molar-refractivity contribution in [3.63, 3.8) is 0 Å². The molecule has 0 radical (unpaired) electrons. The largest absolute Gasteiger partial charge is 0.456 e. The van der Waals surface area contributed by atoms with Gasteiger partial charge in [0.1, 0.15) is 11.2 Å². The van der Waals surface area contributed by atoms with Gasteiger partial charge in [0.05, 0.1) is 0 Å². The second-order valence-electron chi connectivity index (χ2n) is 13.8. The summed E-state index contributed by atoms with van der Waals surface area (Å²) in [5.41, 5.74) is 8.81. The molecule has 0 saturated heterocycles. The molecule has 10 aromatic rings. The van der Waals surface area contributed by atoms with Crippen molar-refractivity contribution >= 4 is 82.3 Å². The van der Waals surface area contributed by atoms with Crippen molar-refractivity contribution in [1.82, 2.24) is 0 Å². The van der Waals surface area contributed by atoms with Crippen molar-refractivity contribution in [2.24, 2.45) is 0 Å². The minimum Gasteiger partial charge on any atom is -0.456 e. The van der Waals surface area contributed by atoms with Crippen LogP contribution in [0.4, 0.5) is 0 Å². The highest BCUT2D eigenvalue weighted by Crippen LogP contribution is 2.40. The predicted molar refractivity (Wildman–Crippen MR) is 227 cm³/mol. The molecule has 8 aromatic carbocycles.